The topological polar surface area (TPSA) is 63.9 Å². The third kappa shape index (κ3) is 2.94. The number of aromatic nitrogens is 4. The van der Waals surface area contributed by atoms with E-state index in [-0.39, 0.29) is 5.56 Å². The van der Waals surface area contributed by atoms with E-state index < -0.39 is 0 Å². The van der Waals surface area contributed by atoms with Gasteiger partial charge in [0.1, 0.15) is 0 Å². The molecule has 0 radical (unpaired) electrons. The number of anilines is 1. The highest BCUT2D eigenvalue weighted by molar-refractivity contribution is 7.13. The van der Waals surface area contributed by atoms with Crippen LogP contribution in [0.5, 0.6) is 0 Å². The Kier molecular flexibility index (Phi) is 3.86. The summed E-state index contributed by atoms with van der Waals surface area (Å²) < 4.78 is 1.57. The molecule has 3 aromatic heterocycles. The van der Waals surface area contributed by atoms with Gasteiger partial charge in [0.2, 0.25) is 0 Å². The van der Waals surface area contributed by atoms with Crippen LogP contribution in [0.1, 0.15) is 5.69 Å². The van der Waals surface area contributed by atoms with Crippen molar-refractivity contribution in [1.82, 2.24) is 19.7 Å². The van der Waals surface area contributed by atoms with Gasteiger partial charge in [-0.2, -0.15) is 5.10 Å². The van der Waals surface area contributed by atoms with Crippen molar-refractivity contribution in [2.24, 2.45) is 5.92 Å². The summed E-state index contributed by atoms with van der Waals surface area (Å²) in [4.78, 5) is 22.9. The van der Waals surface area contributed by atoms with Gasteiger partial charge >= 0.3 is 0 Å². The first kappa shape index (κ1) is 15.0. The number of hydrogen-bond acceptors (Lipinski definition) is 6. The SMILES string of the molecule is Cc1csc(N2CC(Cn3nc(-c4ccncc4)ccc3=O)C2)n1. The number of nitrogens with zero attached hydrogens (tertiary/aromatic N) is 5. The Bertz CT molecular complexity index is 899. The van der Waals surface area contributed by atoms with E-state index in [4.69, 9.17) is 0 Å². The Hall–Kier alpha value is -2.54. The van der Waals surface area contributed by atoms with E-state index in [1.54, 1.807) is 40.5 Å². The molecule has 24 heavy (non-hydrogen) atoms. The number of thiazole rings is 1. The second-order valence-corrected chi connectivity index (χ2v) is 6.85. The predicted molar refractivity (Wildman–Crippen MR) is 94.3 cm³/mol. The molecule has 0 unspecified atom stereocenters. The molecular formula is C17H17N5OS. The van der Waals surface area contributed by atoms with Crippen LogP contribution >= 0.6 is 11.3 Å². The zero-order valence-corrected chi connectivity index (χ0v) is 14.1. The van der Waals surface area contributed by atoms with Crippen molar-refractivity contribution in [2.75, 3.05) is 18.0 Å². The van der Waals surface area contributed by atoms with E-state index in [0.29, 0.717) is 12.5 Å². The van der Waals surface area contributed by atoms with Crippen molar-refractivity contribution in [1.29, 1.82) is 0 Å². The summed E-state index contributed by atoms with van der Waals surface area (Å²) in [5, 5.41) is 7.64. The van der Waals surface area contributed by atoms with Crippen LogP contribution in [-0.2, 0) is 6.54 Å². The van der Waals surface area contributed by atoms with Gasteiger partial charge in [0.25, 0.3) is 5.56 Å². The van der Waals surface area contributed by atoms with Gasteiger partial charge in [-0.1, -0.05) is 0 Å². The summed E-state index contributed by atoms with van der Waals surface area (Å²) >= 11 is 1.67. The van der Waals surface area contributed by atoms with Crippen LogP contribution in [0.15, 0.2) is 46.8 Å². The van der Waals surface area contributed by atoms with E-state index in [9.17, 15) is 4.79 Å². The van der Waals surface area contributed by atoms with Crippen LogP contribution in [0.2, 0.25) is 0 Å². The van der Waals surface area contributed by atoms with Crippen molar-refractivity contribution in [3.63, 3.8) is 0 Å². The minimum atomic E-state index is -0.0589. The summed E-state index contributed by atoms with van der Waals surface area (Å²) in [6.45, 7) is 4.48. The Morgan fingerprint density at radius 3 is 2.71 bits per heavy atom. The van der Waals surface area contributed by atoms with Crippen LogP contribution < -0.4 is 10.5 Å². The molecule has 3 aromatic rings. The third-order valence-corrected chi connectivity index (χ3v) is 5.13. The lowest BCUT2D eigenvalue weighted by atomic mass is 10.0. The highest BCUT2D eigenvalue weighted by Gasteiger charge is 2.29. The minimum Gasteiger partial charge on any atom is -0.347 e. The quantitative estimate of drug-likeness (QED) is 0.729. The van der Waals surface area contributed by atoms with Crippen molar-refractivity contribution < 1.29 is 0 Å². The molecule has 7 heteroatoms. The molecule has 1 saturated heterocycles. The van der Waals surface area contributed by atoms with E-state index in [1.165, 1.54) is 0 Å². The molecule has 4 heterocycles. The first-order valence-electron chi connectivity index (χ1n) is 7.85. The lowest BCUT2D eigenvalue weighted by Gasteiger charge is -2.39. The van der Waals surface area contributed by atoms with Gasteiger partial charge in [-0.3, -0.25) is 9.78 Å². The molecular weight excluding hydrogens is 322 g/mol. The largest absolute Gasteiger partial charge is 0.347 e. The molecule has 0 N–H and O–H groups in total. The fraction of sp³-hybridized carbons (Fsp3) is 0.294. The first-order valence-corrected chi connectivity index (χ1v) is 8.72. The minimum absolute atomic E-state index is 0.0589. The number of rotatable bonds is 4. The van der Waals surface area contributed by atoms with E-state index in [1.807, 2.05) is 19.1 Å². The Labute approximate surface area is 143 Å². The fourth-order valence-electron chi connectivity index (χ4n) is 2.83. The van der Waals surface area contributed by atoms with Gasteiger partial charge in [0, 0.05) is 48.4 Å². The smallest absolute Gasteiger partial charge is 0.266 e. The zero-order chi connectivity index (χ0) is 16.5. The summed E-state index contributed by atoms with van der Waals surface area (Å²) in [5.74, 6) is 0.423. The summed E-state index contributed by atoms with van der Waals surface area (Å²) in [5.41, 5.74) is 2.76. The van der Waals surface area contributed by atoms with Crippen LogP contribution in [0.4, 0.5) is 5.13 Å². The second-order valence-electron chi connectivity index (χ2n) is 6.02. The molecule has 4 rings (SSSR count). The van der Waals surface area contributed by atoms with Crippen molar-refractivity contribution in [3.05, 3.63) is 58.1 Å². The maximum atomic E-state index is 12.1. The maximum absolute atomic E-state index is 12.1. The molecule has 0 aromatic carbocycles. The summed E-state index contributed by atoms with van der Waals surface area (Å²) in [7, 11) is 0. The number of hydrogen-bond donors (Lipinski definition) is 0. The molecule has 6 nitrogen and oxygen atoms in total. The standard InChI is InChI=1S/C17H17N5OS/c1-12-11-24-17(19-12)21-8-13(9-21)10-22-16(23)3-2-15(20-22)14-4-6-18-7-5-14/h2-7,11,13H,8-10H2,1H3. The lowest BCUT2D eigenvalue weighted by Crippen LogP contribution is -2.49. The third-order valence-electron chi connectivity index (χ3n) is 4.11. The molecule has 1 aliphatic rings. The molecule has 0 aliphatic carbocycles. The van der Waals surface area contributed by atoms with Crippen molar-refractivity contribution >= 4 is 16.5 Å². The van der Waals surface area contributed by atoms with Gasteiger partial charge < -0.3 is 4.90 Å². The van der Waals surface area contributed by atoms with E-state index in [2.05, 4.69) is 25.3 Å². The van der Waals surface area contributed by atoms with Gasteiger partial charge in [-0.15, -0.1) is 11.3 Å². The van der Waals surface area contributed by atoms with E-state index >= 15 is 0 Å². The monoisotopic (exact) mass is 339 g/mol. The van der Waals surface area contributed by atoms with Crippen LogP contribution in [-0.4, -0.2) is 32.8 Å². The fourth-order valence-corrected chi connectivity index (χ4v) is 3.65. The number of pyridine rings is 1. The molecule has 0 spiro atoms. The highest BCUT2D eigenvalue weighted by Crippen LogP contribution is 2.28. The maximum Gasteiger partial charge on any atom is 0.266 e. The molecule has 0 amide bonds. The van der Waals surface area contributed by atoms with E-state index in [0.717, 1.165) is 35.2 Å². The average molecular weight is 339 g/mol. The first-order chi connectivity index (χ1) is 11.7. The predicted octanol–water partition coefficient (Wildman–Crippen LogP) is 2.21. The summed E-state index contributed by atoms with van der Waals surface area (Å²) in [6, 6.07) is 7.14. The van der Waals surface area contributed by atoms with Gasteiger partial charge in [-0.25, -0.2) is 9.67 Å². The average Bonchev–Trinajstić information content (AvgIpc) is 2.99. The second kappa shape index (κ2) is 6.16. The Morgan fingerprint density at radius 2 is 2.00 bits per heavy atom. The molecule has 0 saturated carbocycles. The molecule has 0 atom stereocenters. The van der Waals surface area contributed by atoms with Crippen LogP contribution in [0, 0.1) is 12.8 Å². The zero-order valence-electron chi connectivity index (χ0n) is 13.3. The molecule has 0 bridgehead atoms. The van der Waals surface area contributed by atoms with Crippen molar-refractivity contribution in [3.8, 4) is 11.3 Å². The van der Waals surface area contributed by atoms with Gasteiger partial charge in [-0.05, 0) is 25.1 Å². The van der Waals surface area contributed by atoms with Crippen LogP contribution in [0.3, 0.4) is 0 Å². The summed E-state index contributed by atoms with van der Waals surface area (Å²) in [6.07, 6.45) is 3.46. The van der Waals surface area contributed by atoms with Gasteiger partial charge in [0.15, 0.2) is 5.13 Å². The molecule has 122 valence electrons. The van der Waals surface area contributed by atoms with Gasteiger partial charge in [0.05, 0.1) is 17.9 Å². The molecule has 1 fully saturated rings. The molecule has 1 aliphatic heterocycles. The van der Waals surface area contributed by atoms with Crippen molar-refractivity contribution in [2.45, 2.75) is 13.5 Å². The number of aryl methyl sites for hydroxylation is 1. The Morgan fingerprint density at radius 1 is 1.21 bits per heavy atom. The normalized spacial score (nSPS) is 14.6. The lowest BCUT2D eigenvalue weighted by molar-refractivity contribution is 0.335. The Balaban J connectivity index is 1.47. The highest BCUT2D eigenvalue weighted by atomic mass is 32.1. The van der Waals surface area contributed by atoms with Crippen LogP contribution in [0.25, 0.3) is 11.3 Å².